The van der Waals surface area contributed by atoms with E-state index in [0.717, 1.165) is 66.8 Å². The van der Waals surface area contributed by atoms with E-state index in [2.05, 4.69) is 44.7 Å². The summed E-state index contributed by atoms with van der Waals surface area (Å²) in [7, 11) is 0. The number of halogens is 2. The number of nitrogens with zero attached hydrogens (tertiary/aromatic N) is 4. The lowest BCUT2D eigenvalue weighted by atomic mass is 10.2. The number of anilines is 1. The molecular weight excluding hydrogens is 411 g/mol. The van der Waals surface area contributed by atoms with Crippen LogP contribution in [0.1, 0.15) is 11.4 Å². The van der Waals surface area contributed by atoms with Crippen LogP contribution in [0.15, 0.2) is 72.8 Å². The standard InChI is InChI=1S/C25H24ClFN4/c26-20-10-8-19(9-11-20)17-31-24-7-2-1-6-23(24)28-25(31)18-29-12-14-30(15-13-29)22-5-3-4-21(27)16-22/h1-11,16H,12-15,17-18H2. The van der Waals surface area contributed by atoms with Crippen LogP contribution in [0.4, 0.5) is 10.1 Å². The van der Waals surface area contributed by atoms with E-state index in [0.29, 0.717) is 0 Å². The number of aromatic nitrogens is 2. The molecule has 158 valence electrons. The molecule has 0 atom stereocenters. The average molecular weight is 435 g/mol. The van der Waals surface area contributed by atoms with Crippen LogP contribution in [0.2, 0.25) is 5.02 Å². The van der Waals surface area contributed by atoms with E-state index in [1.165, 1.54) is 11.6 Å². The minimum absolute atomic E-state index is 0.184. The summed E-state index contributed by atoms with van der Waals surface area (Å²) in [5.41, 5.74) is 4.31. The Kier molecular flexibility index (Phi) is 5.62. The largest absolute Gasteiger partial charge is 0.369 e. The summed E-state index contributed by atoms with van der Waals surface area (Å²) < 4.78 is 15.9. The molecule has 5 rings (SSSR count). The van der Waals surface area contributed by atoms with Crippen molar-refractivity contribution in [2.45, 2.75) is 13.1 Å². The molecule has 31 heavy (non-hydrogen) atoms. The monoisotopic (exact) mass is 434 g/mol. The summed E-state index contributed by atoms with van der Waals surface area (Å²) in [6.07, 6.45) is 0. The van der Waals surface area contributed by atoms with E-state index in [9.17, 15) is 4.39 Å². The molecule has 0 bridgehead atoms. The third-order valence-corrected chi connectivity index (χ3v) is 6.15. The van der Waals surface area contributed by atoms with E-state index < -0.39 is 0 Å². The van der Waals surface area contributed by atoms with Crippen molar-refractivity contribution < 1.29 is 4.39 Å². The molecule has 0 N–H and O–H groups in total. The van der Waals surface area contributed by atoms with Gasteiger partial charge in [0, 0.05) is 43.4 Å². The lowest BCUT2D eigenvalue weighted by Crippen LogP contribution is -2.46. The van der Waals surface area contributed by atoms with Crippen LogP contribution >= 0.6 is 11.6 Å². The van der Waals surface area contributed by atoms with Crippen LogP contribution in [-0.4, -0.2) is 40.6 Å². The molecule has 4 nitrogen and oxygen atoms in total. The molecule has 6 heteroatoms. The Hall–Kier alpha value is -2.89. The molecule has 4 aromatic rings. The first kappa shape index (κ1) is 20.0. The lowest BCUT2D eigenvalue weighted by molar-refractivity contribution is 0.241. The Balaban J connectivity index is 1.34. The molecule has 2 heterocycles. The van der Waals surface area contributed by atoms with Gasteiger partial charge in [0.1, 0.15) is 11.6 Å². The Morgan fingerprint density at radius 3 is 2.39 bits per heavy atom. The number of imidazole rings is 1. The second kappa shape index (κ2) is 8.69. The zero-order valence-corrected chi connectivity index (χ0v) is 18.0. The molecule has 0 saturated carbocycles. The Morgan fingerprint density at radius 1 is 0.839 bits per heavy atom. The summed E-state index contributed by atoms with van der Waals surface area (Å²) in [5.74, 6) is 0.881. The predicted molar refractivity (Wildman–Crippen MR) is 124 cm³/mol. The van der Waals surface area contributed by atoms with Gasteiger partial charge >= 0.3 is 0 Å². The highest BCUT2D eigenvalue weighted by molar-refractivity contribution is 6.30. The van der Waals surface area contributed by atoms with Crippen molar-refractivity contribution in [2.75, 3.05) is 31.1 Å². The fraction of sp³-hybridized carbons (Fsp3) is 0.240. The van der Waals surface area contributed by atoms with Gasteiger partial charge in [-0.2, -0.15) is 0 Å². The number of rotatable bonds is 5. The molecular formula is C25H24ClFN4. The van der Waals surface area contributed by atoms with Crippen LogP contribution < -0.4 is 4.90 Å². The maximum Gasteiger partial charge on any atom is 0.125 e. The first-order chi connectivity index (χ1) is 15.2. The molecule has 1 fully saturated rings. The first-order valence-corrected chi connectivity index (χ1v) is 10.9. The summed E-state index contributed by atoms with van der Waals surface area (Å²) in [5, 5.41) is 0.746. The van der Waals surface area contributed by atoms with E-state index in [-0.39, 0.29) is 5.82 Å². The third-order valence-electron chi connectivity index (χ3n) is 5.90. The van der Waals surface area contributed by atoms with Gasteiger partial charge in [0.25, 0.3) is 0 Å². The summed E-state index contributed by atoms with van der Waals surface area (Å²) >= 11 is 6.06. The second-order valence-corrected chi connectivity index (χ2v) is 8.41. The van der Waals surface area contributed by atoms with Crippen molar-refractivity contribution in [2.24, 2.45) is 0 Å². The van der Waals surface area contributed by atoms with Gasteiger partial charge in [0.15, 0.2) is 0 Å². The quantitative estimate of drug-likeness (QED) is 0.431. The predicted octanol–water partition coefficient (Wildman–Crippen LogP) is 5.20. The molecule has 0 spiro atoms. The number of benzene rings is 3. The normalized spacial score (nSPS) is 15.0. The zero-order valence-electron chi connectivity index (χ0n) is 17.2. The average Bonchev–Trinajstić information content (AvgIpc) is 3.13. The van der Waals surface area contributed by atoms with Gasteiger partial charge in [0.05, 0.1) is 17.6 Å². The molecule has 1 aliphatic heterocycles. The van der Waals surface area contributed by atoms with Gasteiger partial charge < -0.3 is 9.47 Å². The highest BCUT2D eigenvalue weighted by Gasteiger charge is 2.20. The Morgan fingerprint density at radius 2 is 1.61 bits per heavy atom. The number of piperazine rings is 1. The topological polar surface area (TPSA) is 24.3 Å². The van der Waals surface area contributed by atoms with E-state index in [1.54, 1.807) is 12.1 Å². The molecule has 0 radical (unpaired) electrons. The fourth-order valence-corrected chi connectivity index (χ4v) is 4.36. The number of para-hydroxylation sites is 2. The van der Waals surface area contributed by atoms with Crippen molar-refractivity contribution in [1.29, 1.82) is 0 Å². The molecule has 1 aliphatic rings. The highest BCUT2D eigenvalue weighted by atomic mass is 35.5. The van der Waals surface area contributed by atoms with Crippen molar-refractivity contribution in [3.8, 4) is 0 Å². The summed E-state index contributed by atoms with van der Waals surface area (Å²) in [6, 6.07) is 23.1. The molecule has 0 unspecified atom stereocenters. The number of fused-ring (bicyclic) bond motifs is 1. The fourth-order valence-electron chi connectivity index (χ4n) is 4.23. The number of hydrogen-bond acceptors (Lipinski definition) is 3. The molecule has 1 aromatic heterocycles. The SMILES string of the molecule is Fc1cccc(N2CCN(Cc3nc4ccccc4n3Cc3ccc(Cl)cc3)CC2)c1. The molecule has 3 aromatic carbocycles. The van der Waals surface area contributed by atoms with Gasteiger partial charge in [-0.1, -0.05) is 41.9 Å². The zero-order chi connectivity index (χ0) is 21.2. The van der Waals surface area contributed by atoms with Crippen molar-refractivity contribution in [1.82, 2.24) is 14.5 Å². The van der Waals surface area contributed by atoms with E-state index in [1.807, 2.05) is 24.3 Å². The minimum Gasteiger partial charge on any atom is -0.369 e. The first-order valence-electron chi connectivity index (χ1n) is 10.6. The third kappa shape index (κ3) is 4.43. The van der Waals surface area contributed by atoms with Crippen LogP contribution in [0.3, 0.4) is 0 Å². The Labute approximate surface area is 186 Å². The van der Waals surface area contributed by atoms with Crippen LogP contribution in [0, 0.1) is 5.82 Å². The van der Waals surface area contributed by atoms with Crippen molar-refractivity contribution >= 4 is 28.3 Å². The number of hydrogen-bond donors (Lipinski definition) is 0. The van der Waals surface area contributed by atoms with Gasteiger partial charge in [-0.15, -0.1) is 0 Å². The van der Waals surface area contributed by atoms with E-state index in [4.69, 9.17) is 16.6 Å². The van der Waals surface area contributed by atoms with E-state index >= 15 is 0 Å². The van der Waals surface area contributed by atoms with Crippen LogP contribution in [0.25, 0.3) is 11.0 Å². The van der Waals surface area contributed by atoms with Crippen LogP contribution in [0.5, 0.6) is 0 Å². The second-order valence-electron chi connectivity index (χ2n) is 7.97. The molecule has 1 saturated heterocycles. The lowest BCUT2D eigenvalue weighted by Gasteiger charge is -2.36. The highest BCUT2D eigenvalue weighted by Crippen LogP contribution is 2.22. The maximum absolute atomic E-state index is 13.6. The van der Waals surface area contributed by atoms with Crippen molar-refractivity contribution in [3.05, 3.63) is 95.0 Å². The minimum atomic E-state index is -0.184. The van der Waals surface area contributed by atoms with Crippen LogP contribution in [-0.2, 0) is 13.1 Å². The van der Waals surface area contributed by atoms with Gasteiger partial charge in [-0.05, 0) is 48.0 Å². The molecule has 0 aliphatic carbocycles. The summed E-state index contributed by atoms with van der Waals surface area (Å²) in [6.45, 7) is 5.14. The van der Waals surface area contributed by atoms with Gasteiger partial charge in [0.2, 0.25) is 0 Å². The van der Waals surface area contributed by atoms with Gasteiger partial charge in [-0.3, -0.25) is 4.90 Å². The van der Waals surface area contributed by atoms with Crippen molar-refractivity contribution in [3.63, 3.8) is 0 Å². The smallest absolute Gasteiger partial charge is 0.125 e. The van der Waals surface area contributed by atoms with Gasteiger partial charge in [-0.25, -0.2) is 9.37 Å². The summed E-state index contributed by atoms with van der Waals surface area (Å²) in [4.78, 5) is 9.61. The molecule has 0 amide bonds. The maximum atomic E-state index is 13.6. The Bertz CT molecular complexity index is 1180.